The first-order valence-corrected chi connectivity index (χ1v) is 11.6. The Morgan fingerprint density at radius 3 is 2.56 bits per heavy atom. The number of aliphatic hydroxyl groups is 1. The van der Waals surface area contributed by atoms with Crippen LogP contribution in [0.2, 0.25) is 0 Å². The zero-order valence-electron chi connectivity index (χ0n) is 19.4. The first-order chi connectivity index (χ1) is 15.0. The van der Waals surface area contributed by atoms with Crippen LogP contribution < -0.4 is 5.32 Å². The number of fused-ring (bicyclic) bond motifs is 3. The zero-order valence-corrected chi connectivity index (χ0v) is 20.1. The molecule has 3 N–H and O–H groups in total. The largest absolute Gasteiger partial charge is 0.390 e. The van der Waals surface area contributed by atoms with Gasteiger partial charge in [-0.05, 0) is 82.1 Å². The molecular formula is C26H31ClN2O3. The van der Waals surface area contributed by atoms with Gasteiger partial charge >= 0.3 is 0 Å². The number of hydrogen-bond acceptors (Lipinski definition) is 3. The topological polar surface area (TPSA) is 82.2 Å². The van der Waals surface area contributed by atoms with E-state index >= 15 is 0 Å². The molecule has 1 heterocycles. The van der Waals surface area contributed by atoms with Crippen molar-refractivity contribution in [3.8, 4) is 0 Å². The Labute approximate surface area is 194 Å². The van der Waals surface area contributed by atoms with Gasteiger partial charge in [-0.25, -0.2) is 0 Å². The van der Waals surface area contributed by atoms with Gasteiger partial charge in [-0.15, -0.1) is 0 Å². The van der Waals surface area contributed by atoms with Gasteiger partial charge in [-0.1, -0.05) is 23.7 Å². The molecule has 2 aliphatic rings. The fraction of sp³-hybridized carbons (Fsp3) is 0.462. The van der Waals surface area contributed by atoms with Crippen molar-refractivity contribution in [1.82, 2.24) is 4.98 Å². The van der Waals surface area contributed by atoms with Crippen molar-refractivity contribution in [2.75, 3.05) is 5.32 Å². The molecule has 1 unspecified atom stereocenters. The molecule has 0 fully saturated rings. The van der Waals surface area contributed by atoms with Crippen molar-refractivity contribution in [2.45, 2.75) is 71.8 Å². The number of H-pyrrole nitrogens is 1. The number of benzene rings is 1. The van der Waals surface area contributed by atoms with Crippen molar-refractivity contribution in [3.63, 3.8) is 0 Å². The molecule has 1 aromatic heterocycles. The third-order valence-electron chi connectivity index (χ3n) is 7.07. The van der Waals surface area contributed by atoms with Gasteiger partial charge in [0.25, 0.3) is 0 Å². The maximum atomic E-state index is 12.5. The molecule has 5 nitrogen and oxygen atoms in total. The minimum Gasteiger partial charge on any atom is -0.390 e. The molecule has 4 rings (SSSR count). The Balaban J connectivity index is 1.90. The number of anilines is 1. The first-order valence-electron chi connectivity index (χ1n) is 11.2. The van der Waals surface area contributed by atoms with Gasteiger partial charge in [-0.3, -0.25) is 9.59 Å². The number of aromatic amines is 1. The number of allylic oxidation sites excluding steroid dienone is 1. The maximum Gasteiger partial charge on any atom is 0.221 e. The van der Waals surface area contributed by atoms with Crippen LogP contribution in [0.15, 0.2) is 23.2 Å². The van der Waals surface area contributed by atoms with Crippen molar-refractivity contribution in [1.29, 1.82) is 0 Å². The second-order valence-corrected chi connectivity index (χ2v) is 10.2. The van der Waals surface area contributed by atoms with Crippen molar-refractivity contribution in [2.24, 2.45) is 5.92 Å². The zero-order chi connectivity index (χ0) is 23.4. The van der Waals surface area contributed by atoms with Gasteiger partial charge in [0.05, 0.1) is 11.5 Å². The van der Waals surface area contributed by atoms with Gasteiger partial charge in [-0.2, -0.15) is 0 Å². The molecule has 2 aromatic rings. The summed E-state index contributed by atoms with van der Waals surface area (Å²) in [5.74, 6) is -0.183. The number of rotatable bonds is 4. The average molecular weight is 455 g/mol. The summed E-state index contributed by atoms with van der Waals surface area (Å²) in [6, 6.07) is 5.83. The number of hydrogen-bond donors (Lipinski definition) is 3. The summed E-state index contributed by atoms with van der Waals surface area (Å²) in [4.78, 5) is 27.8. The maximum absolute atomic E-state index is 12.5. The monoisotopic (exact) mass is 454 g/mol. The lowest BCUT2D eigenvalue weighted by molar-refractivity contribution is -0.118. The van der Waals surface area contributed by atoms with E-state index in [4.69, 9.17) is 11.6 Å². The van der Waals surface area contributed by atoms with Gasteiger partial charge in [0.1, 0.15) is 5.78 Å². The molecule has 2 atom stereocenters. The molecule has 6 heteroatoms. The molecule has 170 valence electrons. The third-order valence-corrected chi connectivity index (χ3v) is 7.41. The molecule has 0 bridgehead atoms. The summed E-state index contributed by atoms with van der Waals surface area (Å²) in [6.45, 7) is 8.83. The quantitative estimate of drug-likeness (QED) is 0.591. The van der Waals surface area contributed by atoms with Gasteiger partial charge in [0, 0.05) is 40.2 Å². The van der Waals surface area contributed by atoms with Crippen LogP contribution in [0.3, 0.4) is 0 Å². The van der Waals surface area contributed by atoms with Crippen LogP contribution in [0.25, 0.3) is 5.57 Å². The number of ketones is 1. The second-order valence-electron chi connectivity index (χ2n) is 9.77. The normalized spacial score (nSPS) is 20.6. The van der Waals surface area contributed by atoms with E-state index in [0.29, 0.717) is 11.5 Å². The lowest BCUT2D eigenvalue weighted by atomic mass is 9.75. The predicted molar refractivity (Wildman–Crippen MR) is 128 cm³/mol. The van der Waals surface area contributed by atoms with E-state index in [1.807, 2.05) is 39.0 Å². The minimum atomic E-state index is -0.761. The minimum absolute atomic E-state index is 0.0878. The summed E-state index contributed by atoms with van der Waals surface area (Å²) in [5, 5.41) is 14.2. The molecule has 0 spiro atoms. The standard InChI is InChI=1S/C26H31ClN2O3/c1-13-17(7-6-8-21(13)28-15(3)31)23-20(27)12-19(14(2)30)25-24(23)18-10-9-16(26(4,5)32)11-22(18)29-25/h6-8,16,19,29,32H,9-12H2,1-5H3,(H,28,31)/t16-,19?/m0/s1. The molecule has 1 aromatic carbocycles. The number of nitrogens with one attached hydrogen (secondary N) is 2. The number of aromatic nitrogens is 1. The van der Waals surface area contributed by atoms with Crippen LogP contribution in [0.1, 0.15) is 80.1 Å². The van der Waals surface area contributed by atoms with E-state index in [0.717, 1.165) is 58.6 Å². The molecular weight excluding hydrogens is 424 g/mol. The first kappa shape index (κ1) is 22.8. The highest BCUT2D eigenvalue weighted by Gasteiger charge is 2.39. The fourth-order valence-electron chi connectivity index (χ4n) is 5.26. The lowest BCUT2D eigenvalue weighted by Gasteiger charge is -2.33. The average Bonchev–Trinajstić information content (AvgIpc) is 3.07. The predicted octanol–water partition coefficient (Wildman–Crippen LogP) is 5.23. The summed E-state index contributed by atoms with van der Waals surface area (Å²) in [7, 11) is 0. The summed E-state index contributed by atoms with van der Waals surface area (Å²) in [6.07, 6.45) is 2.89. The second kappa shape index (κ2) is 8.20. The van der Waals surface area contributed by atoms with Crippen molar-refractivity contribution >= 4 is 34.6 Å². The van der Waals surface area contributed by atoms with Gasteiger partial charge in [0.15, 0.2) is 0 Å². The lowest BCUT2D eigenvalue weighted by Crippen LogP contribution is -2.35. The van der Waals surface area contributed by atoms with E-state index in [1.165, 1.54) is 12.5 Å². The fourth-order valence-corrected chi connectivity index (χ4v) is 5.61. The number of Topliss-reactive ketones (excluding diaryl/α,β-unsaturated/α-hetero) is 1. The number of carbonyl (C=O) groups is 2. The van der Waals surface area contributed by atoms with Crippen LogP contribution in [0, 0.1) is 12.8 Å². The van der Waals surface area contributed by atoms with E-state index < -0.39 is 5.60 Å². The van der Waals surface area contributed by atoms with Crippen molar-refractivity contribution in [3.05, 3.63) is 56.9 Å². The van der Waals surface area contributed by atoms with Gasteiger partial charge < -0.3 is 15.4 Å². The Bertz CT molecular complexity index is 1140. The van der Waals surface area contributed by atoms with Gasteiger partial charge in [0.2, 0.25) is 5.91 Å². The highest BCUT2D eigenvalue weighted by Crippen LogP contribution is 2.49. The Morgan fingerprint density at radius 2 is 1.94 bits per heavy atom. The molecule has 2 aliphatic carbocycles. The van der Waals surface area contributed by atoms with E-state index in [2.05, 4.69) is 10.3 Å². The van der Waals surface area contributed by atoms with E-state index in [-0.39, 0.29) is 23.5 Å². The third kappa shape index (κ3) is 3.93. The smallest absolute Gasteiger partial charge is 0.221 e. The molecule has 0 aliphatic heterocycles. The Kier molecular flexibility index (Phi) is 5.84. The molecule has 0 radical (unpaired) electrons. The molecule has 1 amide bonds. The molecule has 32 heavy (non-hydrogen) atoms. The Morgan fingerprint density at radius 1 is 1.22 bits per heavy atom. The number of amides is 1. The van der Waals surface area contributed by atoms with Crippen LogP contribution in [0.5, 0.6) is 0 Å². The number of carbonyl (C=O) groups excluding carboxylic acids is 2. The van der Waals surface area contributed by atoms with Crippen molar-refractivity contribution < 1.29 is 14.7 Å². The van der Waals surface area contributed by atoms with E-state index in [1.54, 1.807) is 6.92 Å². The molecule has 0 saturated carbocycles. The summed E-state index contributed by atoms with van der Waals surface area (Å²) in [5.41, 5.74) is 7.12. The van der Waals surface area contributed by atoms with E-state index in [9.17, 15) is 14.7 Å². The number of halogens is 1. The van der Waals surface area contributed by atoms with Crippen LogP contribution in [-0.2, 0) is 22.4 Å². The molecule has 0 saturated heterocycles. The Hall–Kier alpha value is -2.37. The van der Waals surface area contributed by atoms with Crippen LogP contribution in [0.4, 0.5) is 5.69 Å². The highest BCUT2D eigenvalue weighted by atomic mass is 35.5. The van der Waals surface area contributed by atoms with Crippen LogP contribution >= 0.6 is 11.6 Å². The summed E-state index contributed by atoms with van der Waals surface area (Å²) >= 11 is 6.90. The van der Waals surface area contributed by atoms with Crippen LogP contribution in [-0.4, -0.2) is 27.4 Å². The highest BCUT2D eigenvalue weighted by molar-refractivity contribution is 6.34. The summed E-state index contributed by atoms with van der Waals surface area (Å²) < 4.78 is 0. The SMILES string of the molecule is CC(=O)Nc1cccc(C2=C(Cl)CC(C(C)=O)c3[nH]c4c(c32)CC[C@H](C(C)(C)O)C4)c1C.